The average molecular weight is 331 g/mol. The maximum Gasteiger partial charge on any atom is 0.138 e. The maximum absolute atomic E-state index is 13.3. The van der Waals surface area contributed by atoms with Crippen molar-refractivity contribution in [3.63, 3.8) is 0 Å². The Morgan fingerprint density at radius 1 is 1.28 bits per heavy atom. The van der Waals surface area contributed by atoms with E-state index in [-0.39, 0.29) is 12.4 Å². The van der Waals surface area contributed by atoms with Crippen LogP contribution in [0.4, 0.5) is 10.1 Å². The van der Waals surface area contributed by atoms with E-state index in [4.69, 9.17) is 22.1 Å². The molecule has 5 heteroatoms. The molecule has 0 atom stereocenters. The van der Waals surface area contributed by atoms with Gasteiger partial charge in [0.1, 0.15) is 18.2 Å². The molecule has 2 N–H and O–H groups in total. The first-order valence-electron chi connectivity index (χ1n) is 5.18. The lowest BCUT2D eigenvalue weighted by Crippen LogP contribution is -1.98. The molecule has 94 valence electrons. The Kier molecular flexibility index (Phi) is 4.09. The van der Waals surface area contributed by atoms with Gasteiger partial charge in [-0.3, -0.25) is 0 Å². The molecule has 18 heavy (non-hydrogen) atoms. The Labute approximate surface area is 118 Å². The fraction of sp³-hybridized carbons (Fsp3) is 0.0769. The van der Waals surface area contributed by atoms with Gasteiger partial charge >= 0.3 is 0 Å². The lowest BCUT2D eigenvalue weighted by Gasteiger charge is -2.10. The largest absolute Gasteiger partial charge is 0.487 e. The van der Waals surface area contributed by atoms with Crippen LogP contribution in [0.3, 0.4) is 0 Å². The number of anilines is 1. The molecule has 0 amide bonds. The van der Waals surface area contributed by atoms with Gasteiger partial charge in [0.15, 0.2) is 0 Å². The molecule has 0 heterocycles. The number of nitrogens with two attached hydrogens (primary N) is 1. The van der Waals surface area contributed by atoms with Gasteiger partial charge < -0.3 is 10.5 Å². The molecule has 0 unspecified atom stereocenters. The highest BCUT2D eigenvalue weighted by atomic mass is 79.9. The first kappa shape index (κ1) is 13.2. The third-order valence-electron chi connectivity index (χ3n) is 2.37. The monoisotopic (exact) mass is 329 g/mol. The number of rotatable bonds is 3. The van der Waals surface area contributed by atoms with E-state index in [1.807, 2.05) is 0 Å². The van der Waals surface area contributed by atoms with Crippen molar-refractivity contribution in [2.24, 2.45) is 0 Å². The van der Waals surface area contributed by atoms with Gasteiger partial charge in [0.25, 0.3) is 0 Å². The summed E-state index contributed by atoms with van der Waals surface area (Å²) >= 11 is 9.15. The molecule has 0 saturated heterocycles. The van der Waals surface area contributed by atoms with E-state index in [0.29, 0.717) is 26.5 Å². The number of benzene rings is 2. The van der Waals surface area contributed by atoms with Crippen LogP contribution in [-0.4, -0.2) is 0 Å². The third-order valence-corrected chi connectivity index (χ3v) is 3.55. The summed E-state index contributed by atoms with van der Waals surface area (Å²) in [4.78, 5) is 0. The maximum atomic E-state index is 13.3. The van der Waals surface area contributed by atoms with E-state index >= 15 is 0 Å². The van der Waals surface area contributed by atoms with Gasteiger partial charge in [0.2, 0.25) is 0 Å². The molecule has 0 radical (unpaired) electrons. The zero-order valence-corrected chi connectivity index (χ0v) is 11.6. The second-order valence-electron chi connectivity index (χ2n) is 3.69. The lowest BCUT2D eigenvalue weighted by atomic mass is 10.2. The van der Waals surface area contributed by atoms with Crippen molar-refractivity contribution in [3.8, 4) is 5.75 Å². The first-order valence-corrected chi connectivity index (χ1v) is 6.35. The summed E-state index contributed by atoms with van der Waals surface area (Å²) in [6.45, 7) is 0.224. The summed E-state index contributed by atoms with van der Waals surface area (Å²) in [6.07, 6.45) is 0. The first-order chi connectivity index (χ1) is 8.58. The van der Waals surface area contributed by atoms with Crippen LogP contribution in [0.5, 0.6) is 5.75 Å². The predicted molar refractivity (Wildman–Crippen MR) is 74.3 cm³/mol. The molecule has 0 aliphatic heterocycles. The van der Waals surface area contributed by atoms with E-state index in [9.17, 15) is 4.39 Å². The molecule has 0 bridgehead atoms. The van der Waals surface area contributed by atoms with Crippen molar-refractivity contribution in [2.75, 3.05) is 5.73 Å². The van der Waals surface area contributed by atoms with Crippen LogP contribution in [0.2, 0.25) is 5.02 Å². The zero-order valence-electron chi connectivity index (χ0n) is 9.29. The fourth-order valence-corrected chi connectivity index (χ4v) is 2.07. The van der Waals surface area contributed by atoms with Crippen molar-refractivity contribution >= 4 is 33.2 Å². The normalized spacial score (nSPS) is 10.4. The molecule has 0 aliphatic carbocycles. The minimum Gasteiger partial charge on any atom is -0.487 e. The molecule has 2 aromatic rings. The van der Waals surface area contributed by atoms with E-state index in [2.05, 4.69) is 15.9 Å². The molecule has 2 aromatic carbocycles. The summed E-state index contributed by atoms with van der Waals surface area (Å²) < 4.78 is 19.2. The SMILES string of the molecule is Nc1ccc(OCc2cccc(F)c2Br)c(Cl)c1. The molecule has 2 rings (SSSR count). The highest BCUT2D eigenvalue weighted by Crippen LogP contribution is 2.28. The van der Waals surface area contributed by atoms with Crippen LogP contribution in [0.25, 0.3) is 0 Å². The van der Waals surface area contributed by atoms with Crippen LogP contribution in [0.15, 0.2) is 40.9 Å². The fourth-order valence-electron chi connectivity index (χ4n) is 1.45. The van der Waals surface area contributed by atoms with E-state index in [0.717, 1.165) is 0 Å². The van der Waals surface area contributed by atoms with Crippen LogP contribution in [-0.2, 0) is 6.61 Å². The molecule has 0 saturated carbocycles. The molecule has 0 fully saturated rings. The summed E-state index contributed by atoms with van der Waals surface area (Å²) in [5, 5.41) is 0.433. The number of ether oxygens (including phenoxy) is 1. The molecular formula is C13H10BrClFNO. The van der Waals surface area contributed by atoms with Gasteiger partial charge in [-0.05, 0) is 40.2 Å². The minimum absolute atomic E-state index is 0.224. The summed E-state index contributed by atoms with van der Waals surface area (Å²) in [6, 6.07) is 9.77. The van der Waals surface area contributed by atoms with Crippen molar-refractivity contribution in [2.45, 2.75) is 6.61 Å². The quantitative estimate of drug-likeness (QED) is 0.846. The smallest absolute Gasteiger partial charge is 0.138 e. The van der Waals surface area contributed by atoms with Gasteiger partial charge in [-0.1, -0.05) is 23.7 Å². The summed E-state index contributed by atoms with van der Waals surface area (Å²) in [5.74, 6) is 0.196. The van der Waals surface area contributed by atoms with E-state index < -0.39 is 0 Å². The Bertz CT molecular complexity index is 577. The average Bonchev–Trinajstić information content (AvgIpc) is 2.33. The predicted octanol–water partition coefficient (Wildman–Crippen LogP) is 4.40. The summed E-state index contributed by atoms with van der Waals surface area (Å²) in [5.41, 5.74) is 6.86. The van der Waals surface area contributed by atoms with E-state index in [1.54, 1.807) is 30.3 Å². The van der Waals surface area contributed by atoms with Crippen molar-refractivity contribution in [1.82, 2.24) is 0 Å². The minimum atomic E-state index is -0.320. The Morgan fingerprint density at radius 2 is 2.06 bits per heavy atom. The zero-order chi connectivity index (χ0) is 13.1. The Balaban J connectivity index is 2.14. The van der Waals surface area contributed by atoms with Crippen LogP contribution >= 0.6 is 27.5 Å². The lowest BCUT2D eigenvalue weighted by molar-refractivity contribution is 0.305. The van der Waals surface area contributed by atoms with Crippen LogP contribution in [0, 0.1) is 5.82 Å². The number of hydrogen-bond donors (Lipinski definition) is 1. The second kappa shape index (κ2) is 5.59. The standard InChI is InChI=1S/C13H10BrClFNO/c14-13-8(2-1-3-11(13)16)7-18-12-5-4-9(17)6-10(12)15/h1-6H,7,17H2. The van der Waals surface area contributed by atoms with Crippen LogP contribution < -0.4 is 10.5 Å². The van der Waals surface area contributed by atoms with Crippen molar-refractivity contribution < 1.29 is 9.13 Å². The van der Waals surface area contributed by atoms with E-state index in [1.165, 1.54) is 6.07 Å². The van der Waals surface area contributed by atoms with Gasteiger partial charge in [-0.25, -0.2) is 4.39 Å². The summed E-state index contributed by atoms with van der Waals surface area (Å²) in [7, 11) is 0. The van der Waals surface area contributed by atoms with Crippen molar-refractivity contribution in [3.05, 3.63) is 57.3 Å². The van der Waals surface area contributed by atoms with Crippen molar-refractivity contribution in [1.29, 1.82) is 0 Å². The van der Waals surface area contributed by atoms with Gasteiger partial charge in [0, 0.05) is 11.3 Å². The third kappa shape index (κ3) is 2.94. The Hall–Kier alpha value is -1.26. The number of hydrogen-bond acceptors (Lipinski definition) is 2. The molecule has 2 nitrogen and oxygen atoms in total. The molecule has 0 aliphatic rings. The number of nitrogen functional groups attached to an aromatic ring is 1. The molecule has 0 aromatic heterocycles. The van der Waals surface area contributed by atoms with Gasteiger partial charge in [0.05, 0.1) is 9.50 Å². The second-order valence-corrected chi connectivity index (χ2v) is 4.89. The molecule has 0 spiro atoms. The van der Waals surface area contributed by atoms with Crippen LogP contribution in [0.1, 0.15) is 5.56 Å². The number of halogens is 3. The topological polar surface area (TPSA) is 35.2 Å². The van der Waals surface area contributed by atoms with Gasteiger partial charge in [-0.15, -0.1) is 0 Å². The highest BCUT2D eigenvalue weighted by Gasteiger charge is 2.07. The molecular weight excluding hydrogens is 321 g/mol. The Morgan fingerprint density at radius 3 is 2.78 bits per heavy atom. The van der Waals surface area contributed by atoms with Gasteiger partial charge in [-0.2, -0.15) is 0 Å². The highest BCUT2D eigenvalue weighted by molar-refractivity contribution is 9.10.